The topological polar surface area (TPSA) is 121 Å². The van der Waals surface area contributed by atoms with E-state index in [1.807, 2.05) is 18.2 Å². The number of aliphatic carboxylic acids is 1. The maximum Gasteiger partial charge on any atom is 0.407 e. The first-order valence-electron chi connectivity index (χ1n) is 15.0. The molecule has 4 unspecified atom stereocenters. The smallest absolute Gasteiger partial charge is 0.407 e. The summed E-state index contributed by atoms with van der Waals surface area (Å²) in [6.45, 7) is 11.1. The predicted octanol–water partition coefficient (Wildman–Crippen LogP) is 6.51. The molecule has 0 radical (unpaired) electrons. The zero-order chi connectivity index (χ0) is 34.6. The first kappa shape index (κ1) is 38.7. The number of allylic oxidation sites excluding steroid dienone is 4. The molecule has 4 atom stereocenters. The van der Waals surface area contributed by atoms with Crippen molar-refractivity contribution in [2.45, 2.75) is 76.7 Å². The number of benzene rings is 1. The van der Waals surface area contributed by atoms with Crippen molar-refractivity contribution < 1.29 is 33.7 Å². The number of hydrogen-bond acceptors (Lipinski definition) is 7. The average Bonchev–Trinajstić information content (AvgIpc) is 3.75. The molecule has 1 aromatic rings. The number of nitrogens with one attached hydrogen (secondary N) is 1. The number of alkyl halides is 1. The van der Waals surface area contributed by atoms with Gasteiger partial charge in [-0.2, -0.15) is 0 Å². The Hall–Kier alpha value is -3.47. The molecule has 10 nitrogen and oxygen atoms in total. The van der Waals surface area contributed by atoms with Crippen LogP contribution in [0.5, 0.6) is 5.75 Å². The Balaban J connectivity index is 0.000000482. The number of carboxylic acid groups (broad SMARTS) is 1. The van der Waals surface area contributed by atoms with E-state index in [-0.39, 0.29) is 42.9 Å². The van der Waals surface area contributed by atoms with Gasteiger partial charge in [0.15, 0.2) is 0 Å². The minimum absolute atomic E-state index is 0.0135. The number of fused-ring (bicyclic) bond motifs is 5. The number of anilines is 1. The van der Waals surface area contributed by atoms with Gasteiger partial charge in [0, 0.05) is 51.5 Å². The normalized spacial score (nSPS) is 24.4. The van der Waals surface area contributed by atoms with Crippen LogP contribution in [0.15, 0.2) is 60.4 Å². The summed E-state index contributed by atoms with van der Waals surface area (Å²) in [5.74, 6) is -0.353. The van der Waals surface area contributed by atoms with E-state index < -0.39 is 5.97 Å². The Morgan fingerprint density at radius 3 is 2.54 bits per heavy atom. The summed E-state index contributed by atoms with van der Waals surface area (Å²) in [7, 11) is 4.98. The molecule has 3 heterocycles. The van der Waals surface area contributed by atoms with Crippen LogP contribution in [0, 0.1) is 0 Å². The van der Waals surface area contributed by atoms with Gasteiger partial charge in [0.2, 0.25) is 5.91 Å². The molecule has 2 fully saturated rings. The van der Waals surface area contributed by atoms with Crippen molar-refractivity contribution in [3.63, 3.8) is 0 Å². The van der Waals surface area contributed by atoms with Crippen LogP contribution in [0.25, 0.3) is 0 Å². The molecule has 2 N–H and O–H groups in total. The zero-order valence-electron chi connectivity index (χ0n) is 27.6. The van der Waals surface area contributed by atoms with Gasteiger partial charge in [-0.25, -0.2) is 4.79 Å². The zero-order valence-corrected chi connectivity index (χ0v) is 29.1. The highest BCUT2D eigenvalue weighted by molar-refractivity contribution is 6.35. The van der Waals surface area contributed by atoms with Crippen LogP contribution in [0.3, 0.4) is 0 Å². The Morgan fingerprint density at radius 2 is 1.91 bits per heavy atom. The third kappa shape index (κ3) is 12.0. The third-order valence-corrected chi connectivity index (χ3v) is 8.13. The third-order valence-electron chi connectivity index (χ3n) is 7.75. The number of hydrogen-bond donors (Lipinski definition) is 2. The molecular weight excluding hydrogens is 633 g/mol. The Morgan fingerprint density at radius 1 is 1.22 bits per heavy atom. The van der Waals surface area contributed by atoms with Crippen LogP contribution >= 0.6 is 23.2 Å². The van der Waals surface area contributed by atoms with Gasteiger partial charge in [-0.3, -0.25) is 9.59 Å². The quantitative estimate of drug-likeness (QED) is 0.205. The highest BCUT2D eigenvalue weighted by Gasteiger charge is 2.42. The van der Waals surface area contributed by atoms with Crippen molar-refractivity contribution in [2.24, 2.45) is 0 Å². The molecule has 3 aliphatic rings. The summed E-state index contributed by atoms with van der Waals surface area (Å²) in [6, 6.07) is 3.90. The van der Waals surface area contributed by atoms with Crippen LogP contribution in [0.4, 0.5) is 10.5 Å². The van der Waals surface area contributed by atoms with Gasteiger partial charge < -0.3 is 34.4 Å². The monoisotopic (exact) mass is 679 g/mol. The minimum atomic E-state index is -0.866. The highest BCUT2D eigenvalue weighted by Crippen LogP contribution is 2.38. The first-order valence-corrected chi connectivity index (χ1v) is 16.2. The van der Waals surface area contributed by atoms with Crippen molar-refractivity contribution in [3.05, 3.63) is 70.9 Å². The molecule has 3 aliphatic heterocycles. The Kier molecular flexibility index (Phi) is 15.7. The maximum atomic E-state index is 12.9. The fourth-order valence-corrected chi connectivity index (χ4v) is 5.47. The van der Waals surface area contributed by atoms with E-state index in [9.17, 15) is 14.4 Å². The number of halogens is 2. The lowest BCUT2D eigenvalue weighted by Gasteiger charge is -2.29. The minimum Gasteiger partial charge on any atom is -0.495 e. The maximum absolute atomic E-state index is 12.9. The molecule has 0 spiro atoms. The van der Waals surface area contributed by atoms with E-state index in [0.29, 0.717) is 47.8 Å². The Bertz CT molecular complexity index is 1330. The van der Waals surface area contributed by atoms with Gasteiger partial charge >= 0.3 is 12.1 Å². The molecule has 2 saturated heterocycles. The summed E-state index contributed by atoms with van der Waals surface area (Å²) in [4.78, 5) is 38.3. The molecule has 0 aliphatic carbocycles. The number of carbonyl (C=O) groups excluding carboxylic acids is 2. The van der Waals surface area contributed by atoms with Crippen LogP contribution in [0.2, 0.25) is 5.02 Å². The van der Waals surface area contributed by atoms with E-state index in [0.717, 1.165) is 29.6 Å². The summed E-state index contributed by atoms with van der Waals surface area (Å²) >= 11 is 11.2. The van der Waals surface area contributed by atoms with Crippen molar-refractivity contribution in [3.8, 4) is 5.75 Å². The van der Waals surface area contributed by atoms with E-state index in [2.05, 4.69) is 49.2 Å². The van der Waals surface area contributed by atoms with Gasteiger partial charge in [-0.15, -0.1) is 11.6 Å². The average molecular weight is 681 g/mol. The molecular formula is C34H47Cl2N3O7. The molecule has 0 saturated carbocycles. The van der Waals surface area contributed by atoms with E-state index >= 15 is 0 Å². The lowest BCUT2D eigenvalue weighted by molar-refractivity contribution is -0.137. The molecule has 2 amide bonds. The summed E-state index contributed by atoms with van der Waals surface area (Å²) in [6.07, 6.45) is 10.9. The molecule has 4 rings (SSSR count). The number of likely N-dealkylation sites (N-methyl/N-ethyl adjacent to an activating group) is 1. The van der Waals surface area contributed by atoms with Crippen LogP contribution < -0.4 is 15.0 Å². The number of ether oxygens (including phenoxy) is 3. The van der Waals surface area contributed by atoms with Crippen molar-refractivity contribution in [1.29, 1.82) is 0 Å². The molecule has 4 bridgehead atoms. The lowest BCUT2D eigenvalue weighted by atomic mass is 9.99. The SMILES string of the molecule is C=C(C)C(=C)N(C)CC(=O)O.CCl.COc1cc2cc(c1Cl)N(C)C(=O)CCC1OC1CC1CC(C/C=C/C=C(\C)C2)NC(=O)O1. The van der Waals surface area contributed by atoms with Gasteiger partial charge in [0.25, 0.3) is 0 Å². The van der Waals surface area contributed by atoms with Crippen LogP contribution in [-0.4, -0.2) is 86.5 Å². The standard InChI is InChI=1S/C25H31ClN2O5.C8H13NO2.CH3Cl/c1-15-6-4-5-7-17-13-18(32-25(30)27-17)14-21-20(33-21)8-9-23(29)28(2)19-11-16(10-15)12-22(31-3)24(19)26;1-6(2)7(3)9(4)5-8(10)11;1-2/h4-6,11-12,17-18,20-21H,7-10,13-14H2,1-3H3,(H,27,30);1,3,5H2,2,4H3,(H,10,11);1H3/b5-4+,15-6+;;. The first-order chi connectivity index (χ1) is 21.8. The number of carboxylic acids is 1. The van der Waals surface area contributed by atoms with E-state index in [4.69, 9.17) is 30.9 Å². The largest absolute Gasteiger partial charge is 0.495 e. The number of alkyl carbamates (subject to hydrolysis) is 1. The highest BCUT2D eigenvalue weighted by atomic mass is 35.5. The van der Waals surface area contributed by atoms with Crippen molar-refractivity contribution >= 4 is 46.9 Å². The van der Waals surface area contributed by atoms with Crippen LogP contribution in [0.1, 0.15) is 51.5 Å². The van der Waals surface area contributed by atoms with Crippen LogP contribution in [-0.2, 0) is 25.5 Å². The van der Waals surface area contributed by atoms with Gasteiger partial charge in [0.1, 0.15) is 23.4 Å². The van der Waals surface area contributed by atoms with Crippen molar-refractivity contribution in [2.75, 3.05) is 39.0 Å². The number of carbonyl (C=O) groups is 3. The fourth-order valence-electron chi connectivity index (χ4n) is 5.16. The molecule has 46 heavy (non-hydrogen) atoms. The second-order valence-corrected chi connectivity index (χ2v) is 11.9. The Labute approximate surface area is 282 Å². The number of amides is 2. The number of epoxide rings is 1. The molecule has 12 heteroatoms. The molecule has 1 aromatic carbocycles. The molecule has 0 aromatic heterocycles. The van der Waals surface area contributed by atoms with E-state index in [1.54, 1.807) is 37.9 Å². The number of rotatable bonds is 5. The van der Waals surface area contributed by atoms with Crippen molar-refractivity contribution in [1.82, 2.24) is 10.2 Å². The van der Waals surface area contributed by atoms with Gasteiger partial charge in [0.05, 0.1) is 25.0 Å². The number of nitrogens with zero attached hydrogens (tertiary/aromatic N) is 2. The van der Waals surface area contributed by atoms with Gasteiger partial charge in [-0.05, 0) is 56.4 Å². The molecule has 254 valence electrons. The summed E-state index contributed by atoms with van der Waals surface area (Å²) < 4.78 is 16.7. The fraction of sp³-hybridized carbons (Fsp3) is 0.500. The van der Waals surface area contributed by atoms with E-state index in [1.165, 1.54) is 6.38 Å². The predicted molar refractivity (Wildman–Crippen MR) is 183 cm³/mol. The summed E-state index contributed by atoms with van der Waals surface area (Å²) in [5.41, 5.74) is 4.24. The van der Waals surface area contributed by atoms with Gasteiger partial charge in [-0.1, -0.05) is 48.6 Å². The second-order valence-electron chi connectivity index (χ2n) is 11.5. The summed E-state index contributed by atoms with van der Waals surface area (Å²) in [5, 5.41) is 11.7. The number of methoxy groups -OCH3 is 1. The second kappa shape index (κ2) is 18.6. The lowest BCUT2D eigenvalue weighted by Crippen LogP contribution is -2.45.